The van der Waals surface area contributed by atoms with Crippen molar-refractivity contribution in [2.75, 3.05) is 6.54 Å². The molecule has 0 saturated heterocycles. The van der Waals surface area contributed by atoms with Crippen molar-refractivity contribution < 1.29 is 0 Å². The van der Waals surface area contributed by atoms with Crippen molar-refractivity contribution in [3.05, 3.63) is 18.0 Å². The van der Waals surface area contributed by atoms with E-state index in [1.54, 1.807) is 0 Å². The summed E-state index contributed by atoms with van der Waals surface area (Å²) >= 11 is 0. The summed E-state index contributed by atoms with van der Waals surface area (Å²) in [5, 5.41) is 10.2. The fourth-order valence-corrected chi connectivity index (χ4v) is 2.19. The predicted molar refractivity (Wildman–Crippen MR) is 56.9 cm³/mol. The minimum Gasteiger partial charge on any atom is -0.312 e. The molecule has 78 valence electrons. The van der Waals surface area contributed by atoms with Crippen LogP contribution in [-0.4, -0.2) is 16.7 Å². The molecule has 0 amide bonds. The number of aromatic amines is 1. The van der Waals surface area contributed by atoms with Gasteiger partial charge in [0.1, 0.15) is 0 Å². The first-order valence-electron chi connectivity index (χ1n) is 5.63. The summed E-state index contributed by atoms with van der Waals surface area (Å²) in [7, 11) is 0. The Morgan fingerprint density at radius 3 is 2.93 bits per heavy atom. The van der Waals surface area contributed by atoms with Gasteiger partial charge in [-0.05, 0) is 25.3 Å². The summed E-state index contributed by atoms with van der Waals surface area (Å²) < 4.78 is 0. The van der Waals surface area contributed by atoms with Crippen LogP contribution in [0.5, 0.6) is 0 Å². The van der Waals surface area contributed by atoms with Crippen LogP contribution in [-0.2, 0) is 6.54 Å². The van der Waals surface area contributed by atoms with Crippen LogP contribution in [0.3, 0.4) is 0 Å². The minimum atomic E-state index is 0.913. The van der Waals surface area contributed by atoms with Crippen LogP contribution in [0.4, 0.5) is 0 Å². The van der Waals surface area contributed by atoms with Gasteiger partial charge in [0, 0.05) is 18.3 Å². The summed E-state index contributed by atoms with van der Waals surface area (Å²) in [5.74, 6) is 0.913. The van der Waals surface area contributed by atoms with Crippen LogP contribution < -0.4 is 5.32 Å². The summed E-state index contributed by atoms with van der Waals surface area (Å²) in [6, 6.07) is 0. The Morgan fingerprint density at radius 1 is 1.36 bits per heavy atom. The number of H-pyrrole nitrogens is 1. The Kier molecular flexibility index (Phi) is 3.57. The maximum Gasteiger partial charge on any atom is 0.0532 e. The smallest absolute Gasteiger partial charge is 0.0532 e. The fourth-order valence-electron chi connectivity index (χ4n) is 2.19. The summed E-state index contributed by atoms with van der Waals surface area (Å²) in [6.07, 6.45) is 11.0. The van der Waals surface area contributed by atoms with Gasteiger partial charge in [-0.3, -0.25) is 5.10 Å². The third kappa shape index (κ3) is 2.84. The van der Waals surface area contributed by atoms with Crippen LogP contribution in [0.25, 0.3) is 0 Å². The summed E-state index contributed by atoms with van der Waals surface area (Å²) in [4.78, 5) is 0. The lowest BCUT2D eigenvalue weighted by Crippen LogP contribution is -2.23. The third-order valence-electron chi connectivity index (χ3n) is 3.04. The minimum absolute atomic E-state index is 0.913. The van der Waals surface area contributed by atoms with E-state index in [9.17, 15) is 0 Å². The lowest BCUT2D eigenvalue weighted by molar-refractivity contribution is 0.342. The molecular weight excluding hydrogens is 174 g/mol. The van der Waals surface area contributed by atoms with Gasteiger partial charge in [-0.15, -0.1) is 0 Å². The number of hydrogen-bond donors (Lipinski definition) is 2. The second-order valence-electron chi connectivity index (χ2n) is 4.24. The molecule has 1 heterocycles. The molecule has 3 nitrogen and oxygen atoms in total. The summed E-state index contributed by atoms with van der Waals surface area (Å²) in [5.41, 5.74) is 1.25. The van der Waals surface area contributed by atoms with Crippen LogP contribution in [0.2, 0.25) is 0 Å². The Morgan fingerprint density at radius 2 is 2.21 bits per heavy atom. The number of hydrogen-bond acceptors (Lipinski definition) is 2. The fraction of sp³-hybridized carbons (Fsp3) is 0.727. The number of aromatic nitrogens is 2. The van der Waals surface area contributed by atoms with E-state index in [0.29, 0.717) is 0 Å². The number of rotatable bonds is 4. The SMILES string of the molecule is c1n[nH]cc1CNCC1CCCCC1. The lowest BCUT2D eigenvalue weighted by atomic mass is 9.89. The van der Waals surface area contributed by atoms with Crippen molar-refractivity contribution in [3.8, 4) is 0 Å². The predicted octanol–water partition coefficient (Wildman–Crippen LogP) is 2.08. The molecule has 1 aliphatic rings. The Hall–Kier alpha value is -0.830. The van der Waals surface area contributed by atoms with Crippen molar-refractivity contribution in [3.63, 3.8) is 0 Å². The molecule has 1 aromatic rings. The Balaban J connectivity index is 1.62. The van der Waals surface area contributed by atoms with Crippen LogP contribution in [0, 0.1) is 5.92 Å². The first-order valence-corrected chi connectivity index (χ1v) is 5.63. The molecule has 0 atom stereocenters. The molecule has 0 unspecified atom stereocenters. The van der Waals surface area contributed by atoms with E-state index in [0.717, 1.165) is 12.5 Å². The van der Waals surface area contributed by atoms with Gasteiger partial charge < -0.3 is 5.32 Å². The molecule has 0 aromatic carbocycles. The van der Waals surface area contributed by atoms with E-state index in [-0.39, 0.29) is 0 Å². The molecule has 14 heavy (non-hydrogen) atoms. The maximum absolute atomic E-state index is 3.92. The molecule has 1 fully saturated rings. The molecule has 3 heteroatoms. The zero-order valence-electron chi connectivity index (χ0n) is 8.63. The zero-order chi connectivity index (χ0) is 9.64. The van der Waals surface area contributed by atoms with Crippen molar-refractivity contribution >= 4 is 0 Å². The molecule has 1 aliphatic carbocycles. The molecule has 0 radical (unpaired) electrons. The van der Waals surface area contributed by atoms with Crippen molar-refractivity contribution in [1.82, 2.24) is 15.5 Å². The normalized spacial score (nSPS) is 18.6. The van der Waals surface area contributed by atoms with E-state index in [1.807, 2.05) is 12.4 Å². The standard InChI is InChI=1S/C11H19N3/c1-2-4-10(5-3-1)6-12-7-11-8-13-14-9-11/h8-10,12H,1-7H2,(H,13,14). The van der Waals surface area contributed by atoms with Crippen LogP contribution in [0.15, 0.2) is 12.4 Å². The Bertz CT molecular complexity index is 237. The highest BCUT2D eigenvalue weighted by molar-refractivity contribution is 5.01. The molecule has 1 saturated carbocycles. The van der Waals surface area contributed by atoms with Crippen LogP contribution >= 0.6 is 0 Å². The van der Waals surface area contributed by atoms with Gasteiger partial charge in [0.15, 0.2) is 0 Å². The van der Waals surface area contributed by atoms with Gasteiger partial charge in [-0.25, -0.2) is 0 Å². The molecule has 0 spiro atoms. The van der Waals surface area contributed by atoms with Crippen molar-refractivity contribution in [1.29, 1.82) is 0 Å². The highest BCUT2D eigenvalue weighted by Crippen LogP contribution is 2.22. The largest absolute Gasteiger partial charge is 0.312 e. The molecule has 1 aromatic heterocycles. The second-order valence-corrected chi connectivity index (χ2v) is 4.24. The van der Waals surface area contributed by atoms with Gasteiger partial charge in [-0.1, -0.05) is 19.3 Å². The van der Waals surface area contributed by atoms with E-state index < -0.39 is 0 Å². The van der Waals surface area contributed by atoms with E-state index in [4.69, 9.17) is 0 Å². The van der Waals surface area contributed by atoms with E-state index >= 15 is 0 Å². The average molecular weight is 193 g/mol. The maximum atomic E-state index is 3.92. The monoisotopic (exact) mass is 193 g/mol. The van der Waals surface area contributed by atoms with Crippen LogP contribution in [0.1, 0.15) is 37.7 Å². The van der Waals surface area contributed by atoms with E-state index in [2.05, 4.69) is 15.5 Å². The molecule has 0 aliphatic heterocycles. The first-order chi connectivity index (χ1) is 6.95. The average Bonchev–Trinajstić information content (AvgIpc) is 2.72. The lowest BCUT2D eigenvalue weighted by Gasteiger charge is -2.21. The second kappa shape index (κ2) is 5.15. The van der Waals surface area contributed by atoms with Gasteiger partial charge in [0.05, 0.1) is 6.20 Å². The van der Waals surface area contributed by atoms with Crippen molar-refractivity contribution in [2.24, 2.45) is 5.92 Å². The Labute approximate surface area is 85.3 Å². The van der Waals surface area contributed by atoms with E-state index in [1.165, 1.54) is 44.2 Å². The van der Waals surface area contributed by atoms with Gasteiger partial charge in [0.2, 0.25) is 0 Å². The topological polar surface area (TPSA) is 40.7 Å². The number of nitrogens with one attached hydrogen (secondary N) is 2. The number of nitrogens with zero attached hydrogens (tertiary/aromatic N) is 1. The zero-order valence-corrected chi connectivity index (χ0v) is 8.63. The van der Waals surface area contributed by atoms with Crippen molar-refractivity contribution in [2.45, 2.75) is 38.6 Å². The molecule has 0 bridgehead atoms. The molecule has 2 rings (SSSR count). The molecule has 2 N–H and O–H groups in total. The van der Waals surface area contributed by atoms with Gasteiger partial charge >= 0.3 is 0 Å². The van der Waals surface area contributed by atoms with Gasteiger partial charge in [-0.2, -0.15) is 5.10 Å². The highest BCUT2D eigenvalue weighted by atomic mass is 15.1. The quantitative estimate of drug-likeness (QED) is 0.768. The molecular formula is C11H19N3. The highest BCUT2D eigenvalue weighted by Gasteiger charge is 2.12. The summed E-state index contributed by atoms with van der Waals surface area (Å²) in [6.45, 7) is 2.12. The first kappa shape index (κ1) is 9.71. The third-order valence-corrected chi connectivity index (χ3v) is 3.04. The van der Waals surface area contributed by atoms with Gasteiger partial charge in [0.25, 0.3) is 0 Å².